The van der Waals surface area contributed by atoms with Crippen molar-refractivity contribution in [3.8, 4) is 22.8 Å². The van der Waals surface area contributed by atoms with Gasteiger partial charge in [0.2, 0.25) is 21.5 Å². The maximum atomic E-state index is 11.1. The molecule has 0 bridgehead atoms. The van der Waals surface area contributed by atoms with Gasteiger partial charge < -0.3 is 14.6 Å². The smallest absolute Gasteiger partial charge is 0.253 e. The first-order valence-electron chi connectivity index (χ1n) is 5.07. The number of halogens is 1. The zero-order valence-corrected chi connectivity index (χ0v) is 11.3. The second-order valence-corrected chi connectivity index (χ2v) is 5.97. The molecule has 19 heavy (non-hydrogen) atoms. The van der Waals surface area contributed by atoms with Gasteiger partial charge in [-0.05, 0) is 12.1 Å². The van der Waals surface area contributed by atoms with Gasteiger partial charge in [0.25, 0.3) is 5.88 Å². The van der Waals surface area contributed by atoms with Crippen molar-refractivity contribution in [2.75, 3.05) is 11.0 Å². The molecule has 8 heteroatoms. The Kier molecular flexibility index (Phi) is 3.34. The number of rotatable bonds is 3. The zero-order valence-electron chi connectivity index (χ0n) is 9.71. The van der Waals surface area contributed by atoms with Crippen molar-refractivity contribution in [2.45, 2.75) is 0 Å². The molecule has 2 aromatic rings. The molecule has 1 aromatic heterocycles. The Hall–Kier alpha value is -1.86. The third-order valence-corrected chi connectivity index (χ3v) is 3.14. The second kappa shape index (κ2) is 4.67. The summed E-state index contributed by atoms with van der Waals surface area (Å²) in [6.07, 6.45) is 0.890. The average molecular weight is 304 g/mol. The van der Waals surface area contributed by atoms with Gasteiger partial charge in [0.15, 0.2) is 5.76 Å². The minimum Gasteiger partial charge on any atom is -0.502 e. The quantitative estimate of drug-likeness (QED) is 0.808. The van der Waals surface area contributed by atoms with Gasteiger partial charge in [-0.2, -0.15) is 0 Å². The molecule has 0 amide bonds. The molecule has 0 unspecified atom stereocenters. The van der Waals surface area contributed by atoms with Gasteiger partial charge in [0.1, 0.15) is 0 Å². The van der Waals surface area contributed by atoms with Crippen LogP contribution in [0.5, 0.6) is 11.5 Å². The molecular weight excluding hydrogens is 294 g/mol. The predicted molar refractivity (Wildman–Crippen MR) is 71.0 cm³/mol. The summed E-state index contributed by atoms with van der Waals surface area (Å²) in [7, 11) is -3.64. The first-order chi connectivity index (χ1) is 8.79. The number of nitrogens with one attached hydrogen (secondary N) is 1. The molecule has 2 rings (SSSR count). The molecule has 0 aliphatic heterocycles. The fourth-order valence-corrected chi connectivity index (χ4v) is 2.18. The van der Waals surface area contributed by atoms with E-state index in [0.29, 0.717) is 5.56 Å². The highest BCUT2D eigenvalue weighted by atomic mass is 35.5. The van der Waals surface area contributed by atoms with Gasteiger partial charge in [-0.25, -0.2) is 8.42 Å². The fraction of sp³-hybridized carbons (Fsp3) is 0.0909. The highest BCUT2D eigenvalue weighted by Crippen LogP contribution is 2.46. The molecule has 0 spiro atoms. The Morgan fingerprint density at radius 3 is 2.42 bits per heavy atom. The molecule has 0 aliphatic rings. The van der Waals surface area contributed by atoms with Crippen LogP contribution in [0.25, 0.3) is 11.3 Å². The summed E-state index contributed by atoms with van der Waals surface area (Å²) >= 11 is 5.93. The van der Waals surface area contributed by atoms with Crippen LogP contribution in [-0.4, -0.2) is 24.9 Å². The van der Waals surface area contributed by atoms with Crippen LogP contribution in [0.2, 0.25) is 5.02 Å². The summed E-state index contributed by atoms with van der Waals surface area (Å²) in [5.41, 5.74) is 0.332. The van der Waals surface area contributed by atoms with E-state index in [0.717, 1.165) is 6.26 Å². The number of anilines is 1. The lowest BCUT2D eigenvalue weighted by atomic mass is 10.1. The number of sulfonamides is 1. The normalized spacial score (nSPS) is 11.5. The van der Waals surface area contributed by atoms with E-state index < -0.39 is 27.4 Å². The highest BCUT2D eigenvalue weighted by molar-refractivity contribution is 7.92. The first kappa shape index (κ1) is 13.6. The molecule has 1 aromatic carbocycles. The van der Waals surface area contributed by atoms with Crippen LogP contribution in [0.15, 0.2) is 28.7 Å². The molecule has 0 radical (unpaired) electrons. The predicted octanol–water partition coefficient (Wildman–Crippen LogP) is 2.38. The van der Waals surface area contributed by atoms with Crippen molar-refractivity contribution in [1.29, 1.82) is 0 Å². The van der Waals surface area contributed by atoms with Crippen LogP contribution in [0, 0.1) is 0 Å². The summed E-state index contributed by atoms with van der Waals surface area (Å²) in [6.45, 7) is 0. The molecule has 102 valence electrons. The molecular formula is C11H10ClNO5S. The summed E-state index contributed by atoms with van der Waals surface area (Å²) in [5.74, 6) is -1.86. The third kappa shape index (κ3) is 2.77. The van der Waals surface area contributed by atoms with E-state index in [1.165, 1.54) is 0 Å². The van der Waals surface area contributed by atoms with Crippen molar-refractivity contribution in [1.82, 2.24) is 0 Å². The van der Waals surface area contributed by atoms with Crippen LogP contribution < -0.4 is 4.72 Å². The van der Waals surface area contributed by atoms with Crippen LogP contribution in [0.3, 0.4) is 0 Å². The maximum Gasteiger partial charge on any atom is 0.253 e. The fourth-order valence-electron chi connectivity index (χ4n) is 1.48. The second-order valence-electron chi connectivity index (χ2n) is 3.81. The summed E-state index contributed by atoms with van der Waals surface area (Å²) < 4.78 is 29.2. The SMILES string of the molecule is CS(=O)(=O)Nc1oc(-c2ccccc2Cl)c(O)c1O. The number of furan rings is 1. The Bertz CT molecular complexity index is 723. The molecule has 3 N–H and O–H groups in total. The van der Waals surface area contributed by atoms with Gasteiger partial charge in [-0.3, -0.25) is 4.72 Å². The lowest BCUT2D eigenvalue weighted by Gasteiger charge is -2.00. The molecule has 0 fully saturated rings. The number of benzene rings is 1. The first-order valence-corrected chi connectivity index (χ1v) is 7.34. The van der Waals surface area contributed by atoms with Crippen molar-refractivity contribution in [3.05, 3.63) is 29.3 Å². The van der Waals surface area contributed by atoms with Gasteiger partial charge in [-0.1, -0.05) is 23.7 Å². The summed E-state index contributed by atoms with van der Waals surface area (Å²) in [4.78, 5) is 0. The zero-order chi connectivity index (χ0) is 14.2. The van der Waals surface area contributed by atoms with Gasteiger partial charge in [0, 0.05) is 5.56 Å². The van der Waals surface area contributed by atoms with E-state index in [9.17, 15) is 18.6 Å². The molecule has 0 saturated carbocycles. The number of hydrogen-bond donors (Lipinski definition) is 3. The van der Waals surface area contributed by atoms with Crippen molar-refractivity contribution in [2.24, 2.45) is 0 Å². The third-order valence-electron chi connectivity index (χ3n) is 2.26. The molecule has 0 aliphatic carbocycles. The number of hydrogen-bond acceptors (Lipinski definition) is 5. The average Bonchev–Trinajstić information content (AvgIpc) is 2.56. The Labute approximate surface area is 114 Å². The Morgan fingerprint density at radius 1 is 1.21 bits per heavy atom. The minimum atomic E-state index is -3.64. The van der Waals surface area contributed by atoms with E-state index in [1.54, 1.807) is 24.3 Å². The van der Waals surface area contributed by atoms with Crippen LogP contribution >= 0.6 is 11.6 Å². The van der Waals surface area contributed by atoms with Crippen molar-refractivity contribution in [3.63, 3.8) is 0 Å². The van der Waals surface area contributed by atoms with Crippen molar-refractivity contribution >= 4 is 27.5 Å². The summed E-state index contributed by atoms with van der Waals surface area (Å²) in [5, 5.41) is 19.7. The molecule has 1 heterocycles. The van der Waals surface area contributed by atoms with Crippen LogP contribution in [0.1, 0.15) is 0 Å². The monoisotopic (exact) mass is 303 g/mol. The van der Waals surface area contributed by atoms with E-state index in [1.807, 2.05) is 4.72 Å². The lowest BCUT2D eigenvalue weighted by Crippen LogP contribution is -2.08. The van der Waals surface area contributed by atoms with E-state index >= 15 is 0 Å². The van der Waals surface area contributed by atoms with Gasteiger partial charge in [0.05, 0.1) is 11.3 Å². The lowest BCUT2D eigenvalue weighted by molar-refractivity contribution is 0.410. The molecule has 0 saturated heterocycles. The molecule has 0 atom stereocenters. The molecule has 6 nitrogen and oxygen atoms in total. The summed E-state index contributed by atoms with van der Waals surface area (Å²) in [6, 6.07) is 6.47. The van der Waals surface area contributed by atoms with E-state index in [-0.39, 0.29) is 10.8 Å². The minimum absolute atomic E-state index is 0.116. The van der Waals surface area contributed by atoms with E-state index in [2.05, 4.69) is 0 Å². The van der Waals surface area contributed by atoms with Gasteiger partial charge >= 0.3 is 0 Å². The maximum absolute atomic E-state index is 11.1. The standard InChI is InChI=1S/C11H10ClNO5S/c1-19(16,17)13-11-9(15)8(14)10(18-11)6-4-2-3-5-7(6)12/h2-5,13-15H,1H3. The van der Waals surface area contributed by atoms with E-state index in [4.69, 9.17) is 16.0 Å². The van der Waals surface area contributed by atoms with Crippen LogP contribution in [0.4, 0.5) is 5.88 Å². The topological polar surface area (TPSA) is 99.8 Å². The Morgan fingerprint density at radius 2 is 1.84 bits per heavy atom. The van der Waals surface area contributed by atoms with Gasteiger partial charge in [-0.15, -0.1) is 0 Å². The number of aromatic hydroxyl groups is 2. The highest BCUT2D eigenvalue weighted by Gasteiger charge is 2.23. The van der Waals surface area contributed by atoms with Crippen molar-refractivity contribution < 1.29 is 23.0 Å². The largest absolute Gasteiger partial charge is 0.502 e. The van der Waals surface area contributed by atoms with Crippen LogP contribution in [-0.2, 0) is 10.0 Å². The Balaban J connectivity index is 2.56.